The first kappa shape index (κ1) is 16.1. The molecule has 1 aliphatic heterocycles. The summed E-state index contributed by atoms with van der Waals surface area (Å²) in [6.07, 6.45) is 6.78. The molecule has 0 fully saturated rings. The summed E-state index contributed by atoms with van der Waals surface area (Å²) in [4.78, 5) is 8.65. The maximum absolute atomic E-state index is 13.4. The minimum absolute atomic E-state index is 0.195. The Hall–Kier alpha value is -3.09. The molecule has 0 spiro atoms. The highest BCUT2D eigenvalue weighted by Crippen LogP contribution is 2.42. The molecule has 27 heavy (non-hydrogen) atoms. The quantitative estimate of drug-likeness (QED) is 0.585. The van der Waals surface area contributed by atoms with Crippen molar-refractivity contribution in [2.45, 2.75) is 33.2 Å². The molecule has 4 aromatic heterocycles. The van der Waals surface area contributed by atoms with Gasteiger partial charge in [-0.3, -0.25) is 14.8 Å². The van der Waals surface area contributed by atoms with Gasteiger partial charge >= 0.3 is 0 Å². The minimum atomic E-state index is -0.355. The summed E-state index contributed by atoms with van der Waals surface area (Å²) in [6.45, 7) is 5.42. The molecule has 0 aliphatic carbocycles. The van der Waals surface area contributed by atoms with Crippen molar-refractivity contribution in [3.05, 3.63) is 48.3 Å². The van der Waals surface area contributed by atoms with E-state index in [9.17, 15) is 4.39 Å². The van der Waals surface area contributed by atoms with Gasteiger partial charge < -0.3 is 0 Å². The highest BCUT2D eigenvalue weighted by Gasteiger charge is 2.32. The van der Waals surface area contributed by atoms with E-state index in [1.807, 2.05) is 6.07 Å². The second-order valence-corrected chi connectivity index (χ2v) is 7.84. The fourth-order valence-corrected chi connectivity index (χ4v) is 3.86. The Morgan fingerprint density at radius 3 is 2.85 bits per heavy atom. The van der Waals surface area contributed by atoms with E-state index < -0.39 is 0 Å². The third kappa shape index (κ3) is 2.61. The lowest BCUT2D eigenvalue weighted by Gasteiger charge is -2.30. The molecule has 0 amide bonds. The number of H-pyrrole nitrogens is 1. The monoisotopic (exact) mass is 362 g/mol. The molecule has 1 aliphatic rings. The van der Waals surface area contributed by atoms with E-state index in [1.54, 1.807) is 18.5 Å². The van der Waals surface area contributed by atoms with Gasteiger partial charge in [-0.2, -0.15) is 10.2 Å². The van der Waals surface area contributed by atoms with E-state index in [-0.39, 0.29) is 11.2 Å². The van der Waals surface area contributed by atoms with E-state index in [1.165, 1.54) is 18.0 Å². The van der Waals surface area contributed by atoms with Gasteiger partial charge in [0, 0.05) is 29.4 Å². The van der Waals surface area contributed by atoms with Gasteiger partial charge in [-0.05, 0) is 42.0 Å². The first-order chi connectivity index (χ1) is 13.0. The topological polar surface area (TPSA) is 72.3 Å². The average molecular weight is 362 g/mol. The van der Waals surface area contributed by atoms with Crippen LogP contribution in [0.4, 0.5) is 4.39 Å². The minimum Gasteiger partial charge on any atom is -0.268 e. The molecule has 136 valence electrons. The molecule has 5 rings (SSSR count). The molecule has 0 bridgehead atoms. The number of nitrogens with one attached hydrogen (secondary N) is 1. The molecule has 0 unspecified atom stereocenters. The first-order valence-electron chi connectivity index (χ1n) is 9.02. The van der Waals surface area contributed by atoms with Gasteiger partial charge in [0.2, 0.25) is 0 Å². The van der Waals surface area contributed by atoms with Crippen LogP contribution in [0, 0.1) is 11.2 Å². The maximum Gasteiger partial charge on any atom is 0.155 e. The zero-order valence-corrected chi connectivity index (χ0v) is 15.2. The fraction of sp³-hybridized carbons (Fsp3) is 0.300. The van der Waals surface area contributed by atoms with Crippen LogP contribution in [0.25, 0.3) is 33.5 Å². The molecule has 5 heterocycles. The van der Waals surface area contributed by atoms with Crippen molar-refractivity contribution >= 4 is 11.0 Å². The first-order valence-corrected chi connectivity index (χ1v) is 9.02. The summed E-state index contributed by atoms with van der Waals surface area (Å²) >= 11 is 0. The van der Waals surface area contributed by atoms with E-state index in [4.69, 9.17) is 5.10 Å². The summed E-state index contributed by atoms with van der Waals surface area (Å²) in [5, 5.41) is 12.9. The molecular formula is C20H19FN6. The molecular weight excluding hydrogens is 343 g/mol. The van der Waals surface area contributed by atoms with Gasteiger partial charge in [-0.1, -0.05) is 13.8 Å². The van der Waals surface area contributed by atoms with E-state index in [0.717, 1.165) is 47.2 Å². The summed E-state index contributed by atoms with van der Waals surface area (Å²) in [5.74, 6) is -0.355. The van der Waals surface area contributed by atoms with Crippen LogP contribution in [0.5, 0.6) is 0 Å². The van der Waals surface area contributed by atoms with Crippen molar-refractivity contribution in [1.29, 1.82) is 0 Å². The maximum atomic E-state index is 13.4. The number of nitrogens with zero attached hydrogens (tertiary/aromatic N) is 5. The SMILES string of the molecule is CC1(C)CCn2nc(-c3ccc(F)cn3)c(-c3ccnc4[nH]ncc34)c2C1. The highest BCUT2D eigenvalue weighted by atomic mass is 19.1. The van der Waals surface area contributed by atoms with Crippen molar-refractivity contribution in [1.82, 2.24) is 29.9 Å². The van der Waals surface area contributed by atoms with Gasteiger partial charge in [-0.25, -0.2) is 9.37 Å². The number of halogens is 1. The lowest BCUT2D eigenvalue weighted by molar-refractivity contribution is 0.261. The van der Waals surface area contributed by atoms with E-state index in [2.05, 4.69) is 38.7 Å². The second kappa shape index (κ2) is 5.70. The zero-order valence-electron chi connectivity index (χ0n) is 15.2. The Labute approximate surface area is 155 Å². The number of fused-ring (bicyclic) bond motifs is 2. The van der Waals surface area contributed by atoms with E-state index in [0.29, 0.717) is 5.69 Å². The van der Waals surface area contributed by atoms with Crippen LogP contribution in [0.3, 0.4) is 0 Å². The Kier molecular flexibility index (Phi) is 3.40. The zero-order chi connectivity index (χ0) is 18.6. The van der Waals surface area contributed by atoms with Crippen molar-refractivity contribution in [3.8, 4) is 22.5 Å². The Morgan fingerprint density at radius 2 is 2.04 bits per heavy atom. The molecule has 0 atom stereocenters. The molecule has 6 nitrogen and oxygen atoms in total. The molecule has 7 heteroatoms. The number of hydrogen-bond donors (Lipinski definition) is 1. The number of rotatable bonds is 2. The number of aromatic nitrogens is 6. The van der Waals surface area contributed by atoms with E-state index >= 15 is 0 Å². The summed E-state index contributed by atoms with van der Waals surface area (Å²) in [7, 11) is 0. The summed E-state index contributed by atoms with van der Waals surface area (Å²) in [5.41, 5.74) is 5.61. The van der Waals surface area contributed by atoms with Gasteiger partial charge in [-0.15, -0.1) is 0 Å². The Balaban J connectivity index is 1.81. The molecule has 0 aromatic carbocycles. The Bertz CT molecular complexity index is 1140. The lowest BCUT2D eigenvalue weighted by Crippen LogP contribution is -2.26. The number of pyridine rings is 2. The molecule has 0 radical (unpaired) electrons. The summed E-state index contributed by atoms with van der Waals surface area (Å²) in [6, 6.07) is 5.10. The summed E-state index contributed by atoms with van der Waals surface area (Å²) < 4.78 is 15.5. The van der Waals surface area contributed by atoms with Crippen LogP contribution in [-0.4, -0.2) is 29.9 Å². The van der Waals surface area contributed by atoms with Gasteiger partial charge in [0.15, 0.2) is 5.65 Å². The fourth-order valence-electron chi connectivity index (χ4n) is 3.86. The van der Waals surface area contributed by atoms with Crippen molar-refractivity contribution < 1.29 is 4.39 Å². The average Bonchev–Trinajstić information content (AvgIpc) is 3.25. The number of hydrogen-bond acceptors (Lipinski definition) is 4. The smallest absolute Gasteiger partial charge is 0.155 e. The Morgan fingerprint density at radius 1 is 1.15 bits per heavy atom. The second-order valence-electron chi connectivity index (χ2n) is 7.84. The van der Waals surface area contributed by atoms with Crippen LogP contribution in [-0.2, 0) is 13.0 Å². The number of aryl methyl sites for hydroxylation is 1. The van der Waals surface area contributed by atoms with Crippen LogP contribution in [0.15, 0.2) is 36.8 Å². The molecule has 0 saturated heterocycles. The van der Waals surface area contributed by atoms with Crippen LogP contribution < -0.4 is 0 Å². The molecule has 4 aromatic rings. The van der Waals surface area contributed by atoms with Crippen molar-refractivity contribution in [2.24, 2.45) is 5.41 Å². The van der Waals surface area contributed by atoms with Crippen molar-refractivity contribution in [3.63, 3.8) is 0 Å². The van der Waals surface area contributed by atoms with Gasteiger partial charge in [0.25, 0.3) is 0 Å². The predicted molar refractivity (Wildman–Crippen MR) is 100 cm³/mol. The van der Waals surface area contributed by atoms with Crippen molar-refractivity contribution in [2.75, 3.05) is 0 Å². The van der Waals surface area contributed by atoms with Gasteiger partial charge in [0.05, 0.1) is 18.1 Å². The van der Waals surface area contributed by atoms with Crippen LogP contribution in [0.2, 0.25) is 0 Å². The molecule has 0 saturated carbocycles. The predicted octanol–water partition coefficient (Wildman–Crippen LogP) is 3.99. The highest BCUT2D eigenvalue weighted by molar-refractivity contribution is 5.97. The lowest BCUT2D eigenvalue weighted by atomic mass is 9.80. The standard InChI is InChI=1S/C20H19FN6/c1-20(2)6-8-27-16(9-20)17(13-5-7-22-19-14(13)11-24-25-19)18(26-27)15-4-3-12(21)10-23-15/h3-5,7,10-11H,6,8-9H2,1-2H3,(H,22,24,25). The number of aromatic amines is 1. The normalized spacial score (nSPS) is 15.8. The third-order valence-corrected chi connectivity index (χ3v) is 5.30. The van der Waals surface area contributed by atoms with Crippen LogP contribution >= 0.6 is 0 Å². The molecule has 1 N–H and O–H groups in total. The van der Waals surface area contributed by atoms with Gasteiger partial charge in [0.1, 0.15) is 11.5 Å². The van der Waals surface area contributed by atoms with Crippen LogP contribution in [0.1, 0.15) is 26.0 Å². The largest absolute Gasteiger partial charge is 0.268 e. The third-order valence-electron chi connectivity index (χ3n) is 5.30.